The Hall–Kier alpha value is -1.34. The van der Waals surface area contributed by atoms with Gasteiger partial charge in [0.25, 0.3) is 0 Å². The maximum Gasteiger partial charge on any atom is 0.242 e. The van der Waals surface area contributed by atoms with Gasteiger partial charge in [-0.2, -0.15) is 0 Å². The summed E-state index contributed by atoms with van der Waals surface area (Å²) in [5.74, 6) is 1.04. The third kappa shape index (κ3) is 5.57. The number of hydrogen-bond acceptors (Lipinski definition) is 4. The van der Waals surface area contributed by atoms with Gasteiger partial charge in [0.2, 0.25) is 5.91 Å². The molecule has 1 atom stereocenters. The number of nitrogens with zero attached hydrogens (tertiary/aromatic N) is 5. The van der Waals surface area contributed by atoms with Crippen molar-refractivity contribution in [3.05, 3.63) is 0 Å². The number of likely N-dealkylation sites (N-methyl/N-ethyl adjacent to an activating group) is 1. The second-order valence-electron chi connectivity index (χ2n) is 8.91. The van der Waals surface area contributed by atoms with E-state index in [2.05, 4.69) is 68.6 Å². The van der Waals surface area contributed by atoms with E-state index in [1.807, 2.05) is 4.90 Å². The average molecular weight is 381 g/mol. The van der Waals surface area contributed by atoms with Crippen molar-refractivity contribution in [2.75, 3.05) is 59.4 Å². The summed E-state index contributed by atoms with van der Waals surface area (Å²) in [6.07, 6.45) is 0. The highest BCUT2D eigenvalue weighted by molar-refractivity contribution is 5.88. The summed E-state index contributed by atoms with van der Waals surface area (Å²) in [5.41, 5.74) is -0.206. The minimum absolute atomic E-state index is 0.180. The average Bonchev–Trinajstić information content (AvgIpc) is 2.57. The minimum atomic E-state index is -0.206. The second kappa shape index (κ2) is 9.24. The van der Waals surface area contributed by atoms with Crippen molar-refractivity contribution in [1.29, 1.82) is 0 Å². The standard InChI is InChI=1S/C20H40N6O/c1-8-21-19(22-13-17(4)24-11-9-23(7)10-12-24)25-14-18(27)26(16(2)3)20(5,6)15-25/h16-17H,8-15H2,1-7H3,(H,21,22). The van der Waals surface area contributed by atoms with Gasteiger partial charge < -0.3 is 20.0 Å². The maximum atomic E-state index is 12.8. The molecule has 1 N–H and O–H groups in total. The number of carbonyl (C=O) groups excluding carboxylic acids is 1. The lowest BCUT2D eigenvalue weighted by atomic mass is 9.96. The maximum absolute atomic E-state index is 12.8. The molecule has 0 radical (unpaired) electrons. The van der Waals surface area contributed by atoms with Crippen LogP contribution in [0.25, 0.3) is 0 Å². The van der Waals surface area contributed by atoms with E-state index in [9.17, 15) is 4.79 Å². The minimum Gasteiger partial charge on any atom is -0.357 e. The zero-order valence-electron chi connectivity index (χ0n) is 18.5. The molecule has 2 aliphatic rings. The van der Waals surface area contributed by atoms with Gasteiger partial charge in [-0.25, -0.2) is 0 Å². The van der Waals surface area contributed by atoms with Crippen molar-refractivity contribution in [3.63, 3.8) is 0 Å². The summed E-state index contributed by atoms with van der Waals surface area (Å²) in [6, 6.07) is 0.624. The van der Waals surface area contributed by atoms with Gasteiger partial charge in [0.05, 0.1) is 18.6 Å². The first-order valence-electron chi connectivity index (χ1n) is 10.4. The number of aliphatic imine (C=N–C) groups is 1. The molecule has 2 rings (SSSR count). The molecular formula is C20H40N6O. The van der Waals surface area contributed by atoms with E-state index in [0.29, 0.717) is 12.6 Å². The van der Waals surface area contributed by atoms with Crippen molar-refractivity contribution in [2.45, 2.75) is 59.2 Å². The molecule has 2 fully saturated rings. The van der Waals surface area contributed by atoms with Crippen LogP contribution in [-0.2, 0) is 4.79 Å². The number of amides is 1. The van der Waals surface area contributed by atoms with Crippen LogP contribution in [0, 0.1) is 0 Å². The second-order valence-corrected chi connectivity index (χ2v) is 8.91. The molecule has 27 heavy (non-hydrogen) atoms. The zero-order valence-corrected chi connectivity index (χ0v) is 18.5. The monoisotopic (exact) mass is 380 g/mol. The van der Waals surface area contributed by atoms with Crippen LogP contribution in [0.1, 0.15) is 41.5 Å². The quantitative estimate of drug-likeness (QED) is 0.568. The largest absolute Gasteiger partial charge is 0.357 e. The molecule has 0 bridgehead atoms. The van der Waals surface area contributed by atoms with Crippen molar-refractivity contribution in [2.24, 2.45) is 4.99 Å². The summed E-state index contributed by atoms with van der Waals surface area (Å²) in [7, 11) is 2.18. The summed E-state index contributed by atoms with van der Waals surface area (Å²) < 4.78 is 0. The Bertz CT molecular complexity index is 525. The molecule has 0 aromatic rings. The summed E-state index contributed by atoms with van der Waals surface area (Å²) >= 11 is 0. The third-order valence-electron chi connectivity index (χ3n) is 5.64. The number of piperazine rings is 2. The smallest absolute Gasteiger partial charge is 0.242 e. The molecule has 156 valence electrons. The van der Waals surface area contributed by atoms with Crippen molar-refractivity contribution in [3.8, 4) is 0 Å². The molecule has 7 heteroatoms. The van der Waals surface area contributed by atoms with Crippen molar-refractivity contribution in [1.82, 2.24) is 24.9 Å². The molecule has 2 saturated heterocycles. The zero-order chi connectivity index (χ0) is 20.2. The van der Waals surface area contributed by atoms with E-state index in [1.165, 1.54) is 0 Å². The molecule has 0 spiro atoms. The fraction of sp³-hybridized carbons (Fsp3) is 0.900. The van der Waals surface area contributed by atoms with E-state index in [-0.39, 0.29) is 17.5 Å². The first kappa shape index (κ1) is 22.0. The predicted molar refractivity (Wildman–Crippen MR) is 112 cm³/mol. The molecule has 2 heterocycles. The number of rotatable bonds is 5. The van der Waals surface area contributed by atoms with E-state index >= 15 is 0 Å². The number of nitrogens with one attached hydrogen (secondary N) is 1. The van der Waals surface area contributed by atoms with Gasteiger partial charge in [-0.05, 0) is 48.6 Å². The lowest BCUT2D eigenvalue weighted by molar-refractivity contribution is -0.145. The van der Waals surface area contributed by atoms with E-state index in [1.54, 1.807) is 0 Å². The summed E-state index contributed by atoms with van der Waals surface area (Å²) in [5, 5.41) is 3.40. The molecule has 0 saturated carbocycles. The van der Waals surface area contributed by atoms with Crippen molar-refractivity contribution < 1.29 is 4.79 Å². The topological polar surface area (TPSA) is 54.4 Å². The van der Waals surface area contributed by atoms with Gasteiger partial charge >= 0.3 is 0 Å². The molecule has 0 aliphatic carbocycles. The van der Waals surface area contributed by atoms with Crippen LogP contribution >= 0.6 is 0 Å². The Labute approximate surface area is 165 Å². The molecule has 1 amide bonds. The molecule has 2 aliphatic heterocycles. The van der Waals surface area contributed by atoms with Crippen LogP contribution in [0.5, 0.6) is 0 Å². The first-order valence-corrected chi connectivity index (χ1v) is 10.4. The number of hydrogen-bond donors (Lipinski definition) is 1. The van der Waals surface area contributed by atoms with E-state index in [4.69, 9.17) is 4.99 Å². The van der Waals surface area contributed by atoms with E-state index < -0.39 is 0 Å². The Balaban J connectivity index is 2.05. The highest BCUT2D eigenvalue weighted by Crippen LogP contribution is 2.24. The van der Waals surface area contributed by atoms with Gasteiger partial charge in [-0.3, -0.25) is 14.7 Å². The van der Waals surface area contributed by atoms with Crippen LogP contribution in [0.3, 0.4) is 0 Å². The first-order chi connectivity index (χ1) is 12.7. The number of guanidine groups is 1. The Kier molecular flexibility index (Phi) is 7.51. The molecule has 7 nitrogen and oxygen atoms in total. The van der Waals surface area contributed by atoms with Gasteiger partial charge in [-0.1, -0.05) is 0 Å². The van der Waals surface area contributed by atoms with Crippen LogP contribution in [0.4, 0.5) is 0 Å². The molecule has 1 unspecified atom stereocenters. The molecule has 0 aromatic heterocycles. The summed E-state index contributed by atoms with van der Waals surface area (Å²) in [4.78, 5) is 26.7. The fourth-order valence-electron chi connectivity index (χ4n) is 4.34. The Morgan fingerprint density at radius 2 is 1.81 bits per heavy atom. The SMILES string of the molecule is CCNC(=NCC(C)N1CCN(C)CC1)N1CC(=O)N(C(C)C)C(C)(C)C1. The lowest BCUT2D eigenvalue weighted by Crippen LogP contribution is -2.66. The summed E-state index contributed by atoms with van der Waals surface area (Å²) in [6.45, 7) is 20.0. The highest BCUT2D eigenvalue weighted by Gasteiger charge is 2.40. The van der Waals surface area contributed by atoms with Gasteiger partial charge in [0, 0.05) is 51.4 Å². The predicted octanol–water partition coefficient (Wildman–Crippen LogP) is 0.919. The van der Waals surface area contributed by atoms with Gasteiger partial charge in [0.15, 0.2) is 5.96 Å². The van der Waals surface area contributed by atoms with Crippen LogP contribution in [0.2, 0.25) is 0 Å². The highest BCUT2D eigenvalue weighted by atomic mass is 16.2. The molecular weight excluding hydrogens is 340 g/mol. The number of carbonyl (C=O) groups is 1. The molecule has 0 aromatic carbocycles. The van der Waals surface area contributed by atoms with Crippen LogP contribution < -0.4 is 5.32 Å². The van der Waals surface area contributed by atoms with Gasteiger partial charge in [0.1, 0.15) is 0 Å². The third-order valence-corrected chi connectivity index (χ3v) is 5.64. The normalized spacial score (nSPS) is 23.9. The fourth-order valence-corrected chi connectivity index (χ4v) is 4.34. The Morgan fingerprint density at radius 3 is 2.33 bits per heavy atom. The Morgan fingerprint density at radius 1 is 1.19 bits per heavy atom. The van der Waals surface area contributed by atoms with Crippen LogP contribution in [0.15, 0.2) is 4.99 Å². The van der Waals surface area contributed by atoms with Gasteiger partial charge in [-0.15, -0.1) is 0 Å². The lowest BCUT2D eigenvalue weighted by Gasteiger charge is -2.49. The van der Waals surface area contributed by atoms with E-state index in [0.717, 1.165) is 51.8 Å². The van der Waals surface area contributed by atoms with Crippen LogP contribution in [-0.4, -0.2) is 108 Å². The van der Waals surface area contributed by atoms with Crippen molar-refractivity contribution >= 4 is 11.9 Å².